The van der Waals surface area contributed by atoms with Crippen LogP contribution in [0.5, 0.6) is 5.75 Å². The lowest BCUT2D eigenvalue weighted by Gasteiger charge is -2.20. The molecule has 2 rings (SSSR count). The first-order valence-electron chi connectivity index (χ1n) is 5.62. The van der Waals surface area contributed by atoms with Gasteiger partial charge in [0.2, 0.25) is 0 Å². The smallest absolute Gasteiger partial charge is 0.199 e. The zero-order valence-corrected chi connectivity index (χ0v) is 12.1. The Bertz CT molecular complexity index is 560. The van der Waals surface area contributed by atoms with Gasteiger partial charge >= 0.3 is 0 Å². The monoisotopic (exact) mass is 297 g/mol. The number of hydrogen-bond donors (Lipinski definition) is 0. The predicted octanol–water partition coefficient (Wildman–Crippen LogP) is 3.43. The van der Waals surface area contributed by atoms with Crippen LogP contribution in [0, 0.1) is 0 Å². The summed E-state index contributed by atoms with van der Waals surface area (Å²) in [7, 11) is 3.46. The quantitative estimate of drug-likeness (QED) is 0.811. The molecule has 2 aromatic rings. The highest BCUT2D eigenvalue weighted by Crippen LogP contribution is 2.31. The van der Waals surface area contributed by atoms with Gasteiger partial charge in [0.25, 0.3) is 0 Å². The summed E-state index contributed by atoms with van der Waals surface area (Å²) in [4.78, 5) is 10.0. The topological polar surface area (TPSA) is 38.3 Å². The molecule has 0 spiro atoms. The molecule has 0 bridgehead atoms. The van der Waals surface area contributed by atoms with Crippen molar-refractivity contribution >= 4 is 29.0 Å². The Morgan fingerprint density at radius 2 is 1.84 bits per heavy atom. The SMILES string of the molecule is COc1c(Cl)ncnc1N(C)Cc1ccc(Cl)cc1. The lowest BCUT2D eigenvalue weighted by Crippen LogP contribution is -2.18. The van der Waals surface area contributed by atoms with E-state index in [4.69, 9.17) is 27.9 Å². The van der Waals surface area contributed by atoms with Gasteiger partial charge < -0.3 is 9.64 Å². The molecule has 4 nitrogen and oxygen atoms in total. The first kappa shape index (κ1) is 13.9. The molecule has 0 N–H and O–H groups in total. The number of anilines is 1. The number of benzene rings is 1. The molecule has 0 saturated carbocycles. The molecule has 0 radical (unpaired) electrons. The highest BCUT2D eigenvalue weighted by Gasteiger charge is 2.14. The molecule has 0 aliphatic carbocycles. The van der Waals surface area contributed by atoms with Crippen molar-refractivity contribution in [3.05, 3.63) is 46.3 Å². The van der Waals surface area contributed by atoms with Gasteiger partial charge in [0.05, 0.1) is 7.11 Å². The molecular formula is C13H13Cl2N3O. The number of rotatable bonds is 4. The molecule has 0 amide bonds. The van der Waals surface area contributed by atoms with E-state index in [1.54, 1.807) is 7.11 Å². The van der Waals surface area contributed by atoms with Crippen LogP contribution in [0.1, 0.15) is 5.56 Å². The summed E-state index contributed by atoms with van der Waals surface area (Å²) >= 11 is 11.8. The van der Waals surface area contributed by atoms with Crippen molar-refractivity contribution in [2.75, 3.05) is 19.1 Å². The third kappa shape index (κ3) is 3.28. The molecule has 100 valence electrons. The van der Waals surface area contributed by atoms with Gasteiger partial charge in [-0.2, -0.15) is 0 Å². The molecule has 19 heavy (non-hydrogen) atoms. The summed E-state index contributed by atoms with van der Waals surface area (Å²) in [6.45, 7) is 0.668. The molecule has 1 aromatic carbocycles. The third-order valence-electron chi connectivity index (χ3n) is 2.64. The molecule has 0 saturated heterocycles. The van der Waals surface area contributed by atoms with Gasteiger partial charge in [0.15, 0.2) is 16.7 Å². The first-order valence-corrected chi connectivity index (χ1v) is 6.37. The van der Waals surface area contributed by atoms with Gasteiger partial charge in [0.1, 0.15) is 6.33 Å². The fourth-order valence-electron chi connectivity index (χ4n) is 1.73. The number of halogens is 2. The Kier molecular flexibility index (Phi) is 4.45. The summed E-state index contributed by atoms with van der Waals surface area (Å²) in [5.74, 6) is 1.12. The predicted molar refractivity (Wildman–Crippen MR) is 77.2 cm³/mol. The molecule has 1 heterocycles. The molecule has 1 aromatic heterocycles. The van der Waals surface area contributed by atoms with Crippen molar-refractivity contribution in [1.82, 2.24) is 9.97 Å². The molecule has 6 heteroatoms. The first-order chi connectivity index (χ1) is 9.11. The molecular weight excluding hydrogens is 285 g/mol. The van der Waals surface area contributed by atoms with E-state index in [0.717, 1.165) is 5.56 Å². The van der Waals surface area contributed by atoms with Crippen molar-refractivity contribution in [1.29, 1.82) is 0 Å². The van der Waals surface area contributed by atoms with Crippen molar-refractivity contribution in [3.8, 4) is 5.75 Å². The Morgan fingerprint density at radius 1 is 1.16 bits per heavy atom. The van der Waals surface area contributed by atoms with E-state index in [9.17, 15) is 0 Å². The number of nitrogens with zero attached hydrogens (tertiary/aromatic N) is 3. The van der Waals surface area contributed by atoms with Gasteiger partial charge in [0, 0.05) is 18.6 Å². The summed E-state index contributed by atoms with van der Waals surface area (Å²) in [6.07, 6.45) is 1.42. The zero-order chi connectivity index (χ0) is 13.8. The van der Waals surface area contributed by atoms with Crippen LogP contribution < -0.4 is 9.64 Å². The minimum absolute atomic E-state index is 0.301. The summed E-state index contributed by atoms with van der Waals surface area (Å²) < 4.78 is 5.23. The number of methoxy groups -OCH3 is 1. The second-order valence-electron chi connectivity index (χ2n) is 4.00. The summed E-state index contributed by atoms with van der Waals surface area (Å²) in [5, 5.41) is 1.02. The third-order valence-corrected chi connectivity index (χ3v) is 3.16. The zero-order valence-electron chi connectivity index (χ0n) is 10.6. The Morgan fingerprint density at radius 3 is 2.47 bits per heavy atom. The van der Waals surface area contributed by atoms with Crippen LogP contribution in [0.2, 0.25) is 10.2 Å². The van der Waals surface area contributed by atoms with Crippen LogP contribution in [0.4, 0.5) is 5.82 Å². The normalized spacial score (nSPS) is 10.3. The Labute approximate surface area is 122 Å². The van der Waals surface area contributed by atoms with Crippen LogP contribution in [-0.2, 0) is 6.54 Å². The molecule has 0 fully saturated rings. The average molecular weight is 298 g/mol. The Hall–Kier alpha value is -1.52. The van der Waals surface area contributed by atoms with Crippen molar-refractivity contribution in [2.45, 2.75) is 6.54 Å². The largest absolute Gasteiger partial charge is 0.490 e. The van der Waals surface area contributed by atoms with Crippen LogP contribution in [0.3, 0.4) is 0 Å². The van der Waals surface area contributed by atoms with Crippen LogP contribution in [-0.4, -0.2) is 24.1 Å². The molecule has 0 unspecified atom stereocenters. The second kappa shape index (κ2) is 6.08. The standard InChI is InChI=1S/C13H13Cl2N3O/c1-18(7-9-3-5-10(14)6-4-9)13-11(19-2)12(15)16-8-17-13/h3-6,8H,7H2,1-2H3. The fourth-order valence-corrected chi connectivity index (χ4v) is 2.06. The highest BCUT2D eigenvalue weighted by molar-refractivity contribution is 6.31. The van der Waals surface area contributed by atoms with E-state index in [2.05, 4.69) is 9.97 Å². The van der Waals surface area contributed by atoms with Crippen molar-refractivity contribution in [3.63, 3.8) is 0 Å². The van der Waals surface area contributed by atoms with Crippen molar-refractivity contribution in [2.24, 2.45) is 0 Å². The van der Waals surface area contributed by atoms with Gasteiger partial charge in [-0.05, 0) is 17.7 Å². The maximum absolute atomic E-state index is 5.98. The van der Waals surface area contributed by atoms with Crippen molar-refractivity contribution < 1.29 is 4.74 Å². The van der Waals surface area contributed by atoms with E-state index in [-0.39, 0.29) is 0 Å². The van der Waals surface area contributed by atoms with Crippen LogP contribution >= 0.6 is 23.2 Å². The maximum Gasteiger partial charge on any atom is 0.199 e. The number of aromatic nitrogens is 2. The van der Waals surface area contributed by atoms with Crippen LogP contribution in [0.15, 0.2) is 30.6 Å². The fraction of sp³-hybridized carbons (Fsp3) is 0.231. The minimum atomic E-state index is 0.301. The number of ether oxygens (including phenoxy) is 1. The van der Waals surface area contributed by atoms with Gasteiger partial charge in [-0.15, -0.1) is 0 Å². The van der Waals surface area contributed by atoms with E-state index in [1.807, 2.05) is 36.2 Å². The maximum atomic E-state index is 5.98. The van der Waals surface area contributed by atoms with E-state index in [0.29, 0.717) is 28.3 Å². The molecule has 0 aliphatic rings. The highest BCUT2D eigenvalue weighted by atomic mass is 35.5. The minimum Gasteiger partial charge on any atom is -0.490 e. The Balaban J connectivity index is 2.22. The summed E-state index contributed by atoms with van der Waals surface area (Å²) in [6, 6.07) is 7.64. The lowest BCUT2D eigenvalue weighted by atomic mass is 10.2. The van der Waals surface area contributed by atoms with Gasteiger partial charge in [-0.25, -0.2) is 9.97 Å². The average Bonchev–Trinajstić information content (AvgIpc) is 2.41. The van der Waals surface area contributed by atoms with Gasteiger partial charge in [-0.3, -0.25) is 0 Å². The lowest BCUT2D eigenvalue weighted by molar-refractivity contribution is 0.411. The van der Waals surface area contributed by atoms with E-state index >= 15 is 0 Å². The molecule has 0 atom stereocenters. The molecule has 0 aliphatic heterocycles. The van der Waals surface area contributed by atoms with Gasteiger partial charge in [-0.1, -0.05) is 35.3 Å². The van der Waals surface area contributed by atoms with E-state index in [1.165, 1.54) is 6.33 Å². The second-order valence-corrected chi connectivity index (χ2v) is 4.80. The van der Waals surface area contributed by atoms with Crippen LogP contribution in [0.25, 0.3) is 0 Å². The van der Waals surface area contributed by atoms with E-state index < -0.39 is 0 Å². The number of hydrogen-bond acceptors (Lipinski definition) is 4. The summed E-state index contributed by atoms with van der Waals surface area (Å²) in [5.41, 5.74) is 1.11.